The van der Waals surface area contributed by atoms with Gasteiger partial charge in [0.1, 0.15) is 18.3 Å². The minimum absolute atomic E-state index is 0.0944. The van der Waals surface area contributed by atoms with Crippen molar-refractivity contribution in [3.8, 4) is 0 Å². The molecule has 0 saturated heterocycles. The first-order valence-electron chi connectivity index (χ1n) is 11.6. The number of ether oxygens (including phenoxy) is 2. The van der Waals surface area contributed by atoms with Crippen molar-refractivity contribution in [3.63, 3.8) is 0 Å². The molecule has 0 fully saturated rings. The van der Waals surface area contributed by atoms with Gasteiger partial charge in [-0.1, -0.05) is 42.5 Å². The summed E-state index contributed by atoms with van der Waals surface area (Å²) in [4.78, 5) is 35.4. The summed E-state index contributed by atoms with van der Waals surface area (Å²) in [5.41, 5.74) is 0.897. The second-order valence-electron chi connectivity index (χ2n) is 9.46. The van der Waals surface area contributed by atoms with Crippen molar-refractivity contribution >= 4 is 23.8 Å². The summed E-state index contributed by atoms with van der Waals surface area (Å²) in [7, 11) is 0. The lowest BCUT2D eigenvalue weighted by molar-refractivity contribution is -0.131. The highest BCUT2D eigenvalue weighted by atomic mass is 19.3. The molecule has 3 amide bonds. The summed E-state index contributed by atoms with van der Waals surface area (Å²) in [6.07, 6.45) is -4.19. The fourth-order valence-corrected chi connectivity index (χ4v) is 3.20. The number of amides is 3. The lowest BCUT2D eigenvalue weighted by Gasteiger charge is -2.30. The number of hydrogen-bond acceptors (Lipinski definition) is 6. The zero-order chi connectivity index (χ0) is 27.6. The van der Waals surface area contributed by atoms with Gasteiger partial charge in [-0.05, 0) is 50.5 Å². The van der Waals surface area contributed by atoms with Crippen LogP contribution in [0.5, 0.6) is 0 Å². The third-order valence-corrected chi connectivity index (χ3v) is 4.96. The molecule has 0 aliphatic rings. The number of alkyl carbamates (subject to hydrolysis) is 1. The van der Waals surface area contributed by atoms with Crippen LogP contribution >= 0.6 is 0 Å². The molecule has 2 unspecified atom stereocenters. The third-order valence-electron chi connectivity index (χ3n) is 4.96. The van der Waals surface area contributed by atoms with E-state index in [1.54, 1.807) is 63.2 Å². The molecule has 2 aromatic rings. The summed E-state index contributed by atoms with van der Waals surface area (Å²) in [6, 6.07) is 13.5. The first-order chi connectivity index (χ1) is 17.2. The van der Waals surface area contributed by atoms with Gasteiger partial charge in [0.2, 0.25) is 5.91 Å². The Bertz CT molecular complexity index is 1040. The molecule has 0 saturated carbocycles. The largest absolute Gasteiger partial charge is 0.445 e. The summed E-state index contributed by atoms with van der Waals surface area (Å²) >= 11 is 0. The molecule has 202 valence electrons. The van der Waals surface area contributed by atoms with E-state index in [1.165, 1.54) is 12.1 Å². The maximum atomic E-state index is 14.7. The Hall–Kier alpha value is -3.73. The number of anilines is 1. The SMILES string of the molecule is CC(=O)NCC(F)(F)C(O)C(Cc1ccc(NC(=O)OC(C)(C)C)cc1)NC(=O)OCc1ccccc1. The highest BCUT2D eigenvalue weighted by molar-refractivity contribution is 5.84. The molecule has 0 heterocycles. The Morgan fingerprint density at radius 2 is 1.57 bits per heavy atom. The highest BCUT2D eigenvalue weighted by Crippen LogP contribution is 2.23. The van der Waals surface area contributed by atoms with E-state index >= 15 is 0 Å². The monoisotopic (exact) mass is 521 g/mol. The van der Waals surface area contributed by atoms with E-state index < -0.39 is 48.3 Å². The van der Waals surface area contributed by atoms with Gasteiger partial charge in [0, 0.05) is 12.6 Å². The molecular formula is C26H33F2N3O6. The van der Waals surface area contributed by atoms with Crippen LogP contribution in [0.2, 0.25) is 0 Å². The number of carbonyl (C=O) groups is 3. The molecule has 0 aliphatic heterocycles. The Labute approximate surface area is 214 Å². The molecule has 0 bridgehead atoms. The quantitative estimate of drug-likeness (QED) is 0.374. The molecular weight excluding hydrogens is 488 g/mol. The second kappa shape index (κ2) is 13.0. The smallest absolute Gasteiger partial charge is 0.412 e. The zero-order valence-electron chi connectivity index (χ0n) is 21.2. The van der Waals surface area contributed by atoms with Crippen molar-refractivity contribution in [1.82, 2.24) is 10.6 Å². The Balaban J connectivity index is 2.12. The molecule has 9 nitrogen and oxygen atoms in total. The predicted molar refractivity (Wildman–Crippen MR) is 133 cm³/mol. The standard InChI is InChI=1S/C26H33F2N3O6/c1-17(32)29-16-26(27,28)22(33)21(31-23(34)36-15-19-8-6-5-7-9-19)14-18-10-12-20(13-11-18)30-24(35)37-25(2,3)4/h5-13,21-22,33H,14-16H2,1-4H3,(H,29,32)(H,30,35)(H,31,34). The lowest BCUT2D eigenvalue weighted by Crippen LogP contribution is -2.56. The molecule has 2 aromatic carbocycles. The van der Waals surface area contributed by atoms with Crippen molar-refractivity contribution in [2.45, 2.75) is 64.4 Å². The fourth-order valence-electron chi connectivity index (χ4n) is 3.20. The van der Waals surface area contributed by atoms with Crippen LogP contribution in [0, 0.1) is 0 Å². The minimum atomic E-state index is -3.75. The number of alkyl halides is 2. The predicted octanol–water partition coefficient (Wildman–Crippen LogP) is 4.00. The molecule has 11 heteroatoms. The van der Waals surface area contributed by atoms with Crippen LogP contribution in [-0.4, -0.2) is 53.4 Å². The lowest BCUT2D eigenvalue weighted by atomic mass is 9.97. The van der Waals surface area contributed by atoms with E-state index in [4.69, 9.17) is 9.47 Å². The number of hydrogen-bond donors (Lipinski definition) is 4. The highest BCUT2D eigenvalue weighted by Gasteiger charge is 2.44. The Kier molecular flexibility index (Phi) is 10.4. The average Bonchev–Trinajstić information content (AvgIpc) is 2.81. The molecule has 2 atom stereocenters. The minimum Gasteiger partial charge on any atom is -0.445 e. The van der Waals surface area contributed by atoms with E-state index in [0.717, 1.165) is 6.92 Å². The maximum Gasteiger partial charge on any atom is 0.412 e. The molecule has 2 rings (SSSR count). The summed E-state index contributed by atoms with van der Waals surface area (Å²) in [6.45, 7) is 5.04. The molecule has 0 aliphatic carbocycles. The van der Waals surface area contributed by atoms with E-state index in [1.807, 2.05) is 5.32 Å². The van der Waals surface area contributed by atoms with E-state index in [2.05, 4.69) is 10.6 Å². The van der Waals surface area contributed by atoms with Gasteiger partial charge in [-0.15, -0.1) is 0 Å². The maximum absolute atomic E-state index is 14.7. The van der Waals surface area contributed by atoms with Gasteiger partial charge in [-0.3, -0.25) is 10.1 Å². The number of benzene rings is 2. The van der Waals surface area contributed by atoms with Gasteiger partial charge in [0.15, 0.2) is 0 Å². The van der Waals surface area contributed by atoms with Crippen LogP contribution in [0.1, 0.15) is 38.8 Å². The molecule has 0 radical (unpaired) electrons. The van der Waals surface area contributed by atoms with Gasteiger partial charge in [0.25, 0.3) is 5.92 Å². The van der Waals surface area contributed by atoms with E-state index in [9.17, 15) is 28.3 Å². The van der Waals surface area contributed by atoms with Gasteiger partial charge in [-0.2, -0.15) is 0 Å². The van der Waals surface area contributed by atoms with Crippen LogP contribution in [0.3, 0.4) is 0 Å². The Morgan fingerprint density at radius 1 is 0.946 bits per heavy atom. The van der Waals surface area contributed by atoms with Crippen molar-refractivity contribution in [3.05, 3.63) is 65.7 Å². The third kappa shape index (κ3) is 10.8. The first kappa shape index (κ1) is 29.5. The van der Waals surface area contributed by atoms with Crippen LogP contribution < -0.4 is 16.0 Å². The van der Waals surface area contributed by atoms with Crippen molar-refractivity contribution in [1.29, 1.82) is 0 Å². The number of aliphatic hydroxyl groups excluding tert-OH is 1. The number of rotatable bonds is 10. The number of carbonyl (C=O) groups excluding carboxylic acids is 3. The van der Waals surface area contributed by atoms with Gasteiger partial charge < -0.3 is 25.2 Å². The van der Waals surface area contributed by atoms with Crippen LogP contribution in [-0.2, 0) is 27.3 Å². The molecule has 4 N–H and O–H groups in total. The zero-order valence-corrected chi connectivity index (χ0v) is 21.2. The van der Waals surface area contributed by atoms with Crippen molar-refractivity contribution in [2.75, 3.05) is 11.9 Å². The van der Waals surface area contributed by atoms with Crippen LogP contribution in [0.4, 0.5) is 24.1 Å². The average molecular weight is 522 g/mol. The normalized spacial score (nSPS) is 13.2. The summed E-state index contributed by atoms with van der Waals surface area (Å²) < 4.78 is 39.6. The molecule has 0 spiro atoms. The molecule has 37 heavy (non-hydrogen) atoms. The molecule has 0 aromatic heterocycles. The van der Waals surface area contributed by atoms with Gasteiger partial charge in [-0.25, -0.2) is 18.4 Å². The number of nitrogens with one attached hydrogen (secondary N) is 3. The Morgan fingerprint density at radius 3 is 2.14 bits per heavy atom. The fraction of sp³-hybridized carbons (Fsp3) is 0.423. The van der Waals surface area contributed by atoms with E-state index in [0.29, 0.717) is 16.8 Å². The van der Waals surface area contributed by atoms with Gasteiger partial charge >= 0.3 is 12.2 Å². The summed E-state index contributed by atoms with van der Waals surface area (Å²) in [5, 5.41) is 17.3. The van der Waals surface area contributed by atoms with Crippen LogP contribution in [0.15, 0.2) is 54.6 Å². The second-order valence-corrected chi connectivity index (χ2v) is 9.46. The van der Waals surface area contributed by atoms with Crippen molar-refractivity contribution in [2.24, 2.45) is 0 Å². The number of aliphatic hydroxyl groups is 1. The summed E-state index contributed by atoms with van der Waals surface area (Å²) in [5.74, 6) is -4.44. The van der Waals surface area contributed by atoms with E-state index in [-0.39, 0.29) is 13.0 Å². The van der Waals surface area contributed by atoms with Crippen molar-refractivity contribution < 1.29 is 37.7 Å². The van der Waals surface area contributed by atoms with Crippen LogP contribution in [0.25, 0.3) is 0 Å². The number of halogens is 2. The topological polar surface area (TPSA) is 126 Å². The first-order valence-corrected chi connectivity index (χ1v) is 11.6. The van der Waals surface area contributed by atoms with Gasteiger partial charge in [0.05, 0.1) is 12.6 Å².